The van der Waals surface area contributed by atoms with Gasteiger partial charge in [0, 0.05) is 13.0 Å². The Kier molecular flexibility index (Phi) is 4.97. The topological polar surface area (TPSA) is 37.8 Å². The van der Waals surface area contributed by atoms with Gasteiger partial charge in [0.05, 0.1) is 0 Å². The monoisotopic (exact) mass is 279 g/mol. The van der Waals surface area contributed by atoms with Gasteiger partial charge in [-0.1, -0.05) is 43.8 Å². The SMILES string of the molecule is CC1=CC(C)CC(CNc2nnc(CC(C)C)s2)C1. The molecule has 3 nitrogen and oxygen atoms in total. The first-order chi connectivity index (χ1) is 9.02. The predicted molar refractivity (Wildman–Crippen MR) is 82.6 cm³/mol. The molecule has 0 bridgehead atoms. The average Bonchev–Trinajstić information content (AvgIpc) is 2.72. The first kappa shape index (κ1) is 14.5. The molecule has 1 aromatic rings. The molecular weight excluding hydrogens is 254 g/mol. The lowest BCUT2D eigenvalue weighted by atomic mass is 9.84. The molecule has 0 saturated heterocycles. The van der Waals surface area contributed by atoms with E-state index >= 15 is 0 Å². The lowest BCUT2D eigenvalue weighted by Gasteiger charge is -2.25. The van der Waals surface area contributed by atoms with E-state index in [0.717, 1.165) is 29.0 Å². The fraction of sp³-hybridized carbons (Fsp3) is 0.733. The summed E-state index contributed by atoms with van der Waals surface area (Å²) in [5.41, 5.74) is 1.53. The molecule has 0 saturated carbocycles. The van der Waals surface area contributed by atoms with Crippen LogP contribution in [0.15, 0.2) is 11.6 Å². The van der Waals surface area contributed by atoms with Crippen LogP contribution in [0.3, 0.4) is 0 Å². The van der Waals surface area contributed by atoms with E-state index in [0.29, 0.717) is 11.8 Å². The van der Waals surface area contributed by atoms with Crippen molar-refractivity contribution in [1.82, 2.24) is 10.2 Å². The molecule has 2 unspecified atom stereocenters. The minimum atomic E-state index is 0.646. The van der Waals surface area contributed by atoms with E-state index in [1.165, 1.54) is 18.4 Å². The van der Waals surface area contributed by atoms with E-state index < -0.39 is 0 Å². The van der Waals surface area contributed by atoms with Gasteiger partial charge in [0.15, 0.2) is 0 Å². The summed E-state index contributed by atoms with van der Waals surface area (Å²) >= 11 is 1.70. The number of hydrogen-bond acceptors (Lipinski definition) is 4. The predicted octanol–water partition coefficient (Wildman–Crippen LogP) is 4.14. The lowest BCUT2D eigenvalue weighted by Crippen LogP contribution is -2.20. The van der Waals surface area contributed by atoms with Crippen molar-refractivity contribution >= 4 is 16.5 Å². The maximum absolute atomic E-state index is 4.24. The third-order valence-electron chi connectivity index (χ3n) is 3.48. The largest absolute Gasteiger partial charge is 0.360 e. The summed E-state index contributed by atoms with van der Waals surface area (Å²) in [5, 5.41) is 14.1. The molecule has 2 atom stereocenters. The minimum Gasteiger partial charge on any atom is -0.360 e. The third kappa shape index (κ3) is 4.60. The summed E-state index contributed by atoms with van der Waals surface area (Å²) in [6.45, 7) is 10.0. The third-order valence-corrected chi connectivity index (χ3v) is 4.38. The standard InChI is InChI=1S/C15H25N3S/c1-10(2)5-14-17-18-15(19-14)16-9-13-7-11(3)6-12(4)8-13/h6,10-11,13H,5,7-9H2,1-4H3,(H,16,18). The van der Waals surface area contributed by atoms with Gasteiger partial charge in [0.25, 0.3) is 0 Å². The number of allylic oxidation sites excluding steroid dienone is 2. The zero-order valence-corrected chi connectivity index (χ0v) is 13.3. The Labute approximate surface area is 120 Å². The fourth-order valence-electron chi connectivity index (χ4n) is 2.83. The van der Waals surface area contributed by atoms with Gasteiger partial charge in [-0.3, -0.25) is 0 Å². The van der Waals surface area contributed by atoms with Crippen LogP contribution in [-0.2, 0) is 6.42 Å². The second-order valence-electron chi connectivity index (χ2n) is 6.28. The van der Waals surface area contributed by atoms with Crippen LogP contribution in [-0.4, -0.2) is 16.7 Å². The molecule has 1 aliphatic carbocycles. The maximum Gasteiger partial charge on any atom is 0.205 e. The molecule has 2 rings (SSSR count). The summed E-state index contributed by atoms with van der Waals surface area (Å²) < 4.78 is 0. The van der Waals surface area contributed by atoms with Gasteiger partial charge >= 0.3 is 0 Å². The normalized spacial score (nSPS) is 23.5. The molecule has 1 N–H and O–H groups in total. The first-order valence-electron chi connectivity index (χ1n) is 7.26. The quantitative estimate of drug-likeness (QED) is 0.823. The van der Waals surface area contributed by atoms with Crippen LogP contribution in [0, 0.1) is 17.8 Å². The van der Waals surface area contributed by atoms with Gasteiger partial charge in [0.1, 0.15) is 5.01 Å². The fourth-order valence-corrected chi connectivity index (χ4v) is 3.79. The Bertz CT molecular complexity index is 436. The molecule has 0 amide bonds. The van der Waals surface area contributed by atoms with Crippen LogP contribution in [0.2, 0.25) is 0 Å². The van der Waals surface area contributed by atoms with Crippen LogP contribution in [0.25, 0.3) is 0 Å². The van der Waals surface area contributed by atoms with Crippen LogP contribution >= 0.6 is 11.3 Å². The highest BCUT2D eigenvalue weighted by atomic mass is 32.1. The van der Waals surface area contributed by atoms with E-state index in [9.17, 15) is 0 Å². The van der Waals surface area contributed by atoms with Crippen molar-refractivity contribution in [3.05, 3.63) is 16.7 Å². The number of nitrogens with one attached hydrogen (secondary N) is 1. The van der Waals surface area contributed by atoms with Gasteiger partial charge < -0.3 is 5.32 Å². The number of aromatic nitrogens is 2. The maximum atomic E-state index is 4.24. The lowest BCUT2D eigenvalue weighted by molar-refractivity contribution is 0.421. The van der Waals surface area contributed by atoms with Crippen molar-refractivity contribution in [2.24, 2.45) is 17.8 Å². The molecule has 1 heterocycles. The Hall–Kier alpha value is -0.900. The zero-order chi connectivity index (χ0) is 13.8. The molecule has 0 aliphatic heterocycles. The molecule has 19 heavy (non-hydrogen) atoms. The van der Waals surface area contributed by atoms with Crippen molar-refractivity contribution in [1.29, 1.82) is 0 Å². The summed E-state index contributed by atoms with van der Waals surface area (Å²) in [7, 11) is 0. The number of anilines is 1. The zero-order valence-electron chi connectivity index (χ0n) is 12.4. The highest BCUT2D eigenvalue weighted by molar-refractivity contribution is 7.15. The average molecular weight is 279 g/mol. The van der Waals surface area contributed by atoms with Gasteiger partial charge in [-0.25, -0.2) is 0 Å². The van der Waals surface area contributed by atoms with Gasteiger partial charge in [-0.2, -0.15) is 0 Å². The molecule has 1 aliphatic rings. The second-order valence-corrected chi connectivity index (χ2v) is 7.34. The van der Waals surface area contributed by atoms with E-state index in [-0.39, 0.29) is 0 Å². The van der Waals surface area contributed by atoms with Crippen molar-refractivity contribution in [2.75, 3.05) is 11.9 Å². The van der Waals surface area contributed by atoms with Gasteiger partial charge in [-0.15, -0.1) is 10.2 Å². The van der Waals surface area contributed by atoms with Crippen molar-refractivity contribution in [3.8, 4) is 0 Å². The van der Waals surface area contributed by atoms with Gasteiger partial charge in [-0.05, 0) is 37.5 Å². The summed E-state index contributed by atoms with van der Waals surface area (Å²) in [6.07, 6.45) is 5.93. The second kappa shape index (κ2) is 6.51. The van der Waals surface area contributed by atoms with Crippen molar-refractivity contribution in [2.45, 2.75) is 47.0 Å². The molecule has 4 heteroatoms. The number of nitrogens with zero attached hydrogens (tertiary/aromatic N) is 2. The summed E-state index contributed by atoms with van der Waals surface area (Å²) in [4.78, 5) is 0. The van der Waals surface area contributed by atoms with Crippen LogP contribution < -0.4 is 5.32 Å². The Morgan fingerprint density at radius 3 is 2.89 bits per heavy atom. The highest BCUT2D eigenvalue weighted by Gasteiger charge is 2.18. The molecule has 0 radical (unpaired) electrons. The molecule has 106 valence electrons. The smallest absolute Gasteiger partial charge is 0.205 e. The van der Waals surface area contributed by atoms with Crippen molar-refractivity contribution in [3.63, 3.8) is 0 Å². The van der Waals surface area contributed by atoms with Crippen LogP contribution in [0.5, 0.6) is 0 Å². The molecule has 0 fully saturated rings. The van der Waals surface area contributed by atoms with Crippen molar-refractivity contribution < 1.29 is 0 Å². The van der Waals surface area contributed by atoms with Crippen LogP contribution in [0.1, 0.15) is 45.5 Å². The van der Waals surface area contributed by atoms with E-state index in [1.54, 1.807) is 11.3 Å². The summed E-state index contributed by atoms with van der Waals surface area (Å²) in [6, 6.07) is 0. The minimum absolute atomic E-state index is 0.646. The van der Waals surface area contributed by atoms with Crippen LogP contribution in [0.4, 0.5) is 5.13 Å². The Morgan fingerprint density at radius 1 is 1.42 bits per heavy atom. The Morgan fingerprint density at radius 2 is 2.21 bits per heavy atom. The molecule has 0 aromatic carbocycles. The van der Waals surface area contributed by atoms with E-state index in [1.807, 2.05) is 0 Å². The molecule has 1 aromatic heterocycles. The van der Waals surface area contributed by atoms with Gasteiger partial charge in [0.2, 0.25) is 5.13 Å². The Balaban J connectivity index is 1.82. The van der Waals surface area contributed by atoms with E-state index in [4.69, 9.17) is 0 Å². The molecule has 0 spiro atoms. The highest BCUT2D eigenvalue weighted by Crippen LogP contribution is 2.28. The summed E-state index contributed by atoms with van der Waals surface area (Å²) in [5.74, 6) is 2.09. The number of hydrogen-bond donors (Lipinski definition) is 1. The molecular formula is C15H25N3S. The first-order valence-corrected chi connectivity index (χ1v) is 8.08. The van der Waals surface area contributed by atoms with E-state index in [2.05, 4.69) is 49.3 Å². The number of rotatable bonds is 5.